The van der Waals surface area contributed by atoms with Crippen LogP contribution in [-0.2, 0) is 4.79 Å². The average Bonchev–Trinajstić information content (AvgIpc) is 2.75. The third-order valence-electron chi connectivity index (χ3n) is 2.28. The molecule has 1 rings (SSSR count). The van der Waals surface area contributed by atoms with E-state index < -0.39 is 23.5 Å². The summed E-state index contributed by atoms with van der Waals surface area (Å²) in [4.78, 5) is 34.2. The largest absolute Gasteiger partial charge is 0.475 e. The molecule has 0 aliphatic heterocycles. The number of hydrogen-bond donors (Lipinski definition) is 3. The third-order valence-corrected chi connectivity index (χ3v) is 2.28. The molecule has 0 saturated carbocycles. The number of carbonyl (C=O) groups is 3. The Bertz CT molecular complexity index is 527. The normalized spacial score (nSPS) is 12.6. The first-order chi connectivity index (χ1) is 9.10. The molecule has 1 atom stereocenters. The van der Waals surface area contributed by atoms with Gasteiger partial charge in [-0.25, -0.2) is 4.79 Å². The van der Waals surface area contributed by atoms with Crippen molar-refractivity contribution >= 4 is 17.8 Å². The van der Waals surface area contributed by atoms with Gasteiger partial charge in [-0.15, -0.1) is 0 Å². The van der Waals surface area contributed by atoms with Crippen molar-refractivity contribution in [3.05, 3.63) is 23.7 Å². The second-order valence-corrected chi connectivity index (χ2v) is 5.40. The predicted octanol–water partition coefficient (Wildman–Crippen LogP) is 1.01. The van der Waals surface area contributed by atoms with Crippen molar-refractivity contribution < 1.29 is 23.9 Å². The Morgan fingerprint density at radius 1 is 1.20 bits per heavy atom. The van der Waals surface area contributed by atoms with Gasteiger partial charge in [0.1, 0.15) is 6.04 Å². The number of carboxylic acids is 1. The summed E-state index contributed by atoms with van der Waals surface area (Å²) in [5, 5.41) is 13.8. The van der Waals surface area contributed by atoms with Crippen LogP contribution >= 0.6 is 0 Å². The summed E-state index contributed by atoms with van der Waals surface area (Å²) in [6.45, 7) is 7.00. The lowest BCUT2D eigenvalue weighted by molar-refractivity contribution is -0.124. The maximum absolute atomic E-state index is 11.8. The van der Waals surface area contributed by atoms with Crippen molar-refractivity contribution in [2.75, 3.05) is 0 Å². The van der Waals surface area contributed by atoms with Crippen molar-refractivity contribution in [2.24, 2.45) is 0 Å². The fourth-order valence-electron chi connectivity index (χ4n) is 1.39. The lowest BCUT2D eigenvalue weighted by Gasteiger charge is -2.23. The quantitative estimate of drug-likeness (QED) is 0.763. The molecule has 1 aromatic heterocycles. The van der Waals surface area contributed by atoms with Gasteiger partial charge in [-0.1, -0.05) is 0 Å². The Morgan fingerprint density at radius 2 is 1.75 bits per heavy atom. The molecule has 110 valence electrons. The van der Waals surface area contributed by atoms with Gasteiger partial charge in [0.2, 0.25) is 11.7 Å². The zero-order chi connectivity index (χ0) is 15.5. The number of hydrogen-bond acceptors (Lipinski definition) is 4. The van der Waals surface area contributed by atoms with Crippen LogP contribution in [0.5, 0.6) is 0 Å². The molecular formula is C13H18N2O5. The SMILES string of the molecule is CC(NC(=O)c1ccc(C(=O)O)o1)C(=O)NC(C)(C)C. The van der Waals surface area contributed by atoms with Crippen LogP contribution in [0.15, 0.2) is 16.5 Å². The summed E-state index contributed by atoms with van der Waals surface area (Å²) in [5.41, 5.74) is -0.406. The fraction of sp³-hybridized carbons (Fsp3) is 0.462. The highest BCUT2D eigenvalue weighted by Gasteiger charge is 2.22. The van der Waals surface area contributed by atoms with Crippen LogP contribution in [0.3, 0.4) is 0 Å². The molecule has 1 heterocycles. The molecular weight excluding hydrogens is 264 g/mol. The molecule has 7 heteroatoms. The minimum atomic E-state index is -1.26. The molecule has 0 saturated heterocycles. The Morgan fingerprint density at radius 3 is 2.20 bits per heavy atom. The number of aromatic carboxylic acids is 1. The monoisotopic (exact) mass is 282 g/mol. The zero-order valence-electron chi connectivity index (χ0n) is 11.8. The van der Waals surface area contributed by atoms with E-state index >= 15 is 0 Å². The molecule has 0 fully saturated rings. The van der Waals surface area contributed by atoms with Gasteiger partial charge in [0.25, 0.3) is 5.91 Å². The highest BCUT2D eigenvalue weighted by Crippen LogP contribution is 2.08. The van der Waals surface area contributed by atoms with Gasteiger partial charge in [-0.05, 0) is 39.8 Å². The molecule has 0 aliphatic carbocycles. The van der Waals surface area contributed by atoms with Gasteiger partial charge in [-0.3, -0.25) is 9.59 Å². The Balaban J connectivity index is 2.65. The van der Waals surface area contributed by atoms with E-state index in [0.29, 0.717) is 0 Å². The molecule has 7 nitrogen and oxygen atoms in total. The van der Waals surface area contributed by atoms with Crippen molar-refractivity contribution in [1.82, 2.24) is 10.6 Å². The minimum absolute atomic E-state index is 0.155. The molecule has 1 aromatic rings. The molecule has 2 amide bonds. The van der Waals surface area contributed by atoms with Gasteiger partial charge in [0, 0.05) is 5.54 Å². The van der Waals surface area contributed by atoms with E-state index in [1.54, 1.807) is 0 Å². The Labute approximate surface area is 116 Å². The highest BCUT2D eigenvalue weighted by atomic mass is 16.4. The van der Waals surface area contributed by atoms with Gasteiger partial charge < -0.3 is 20.2 Å². The minimum Gasteiger partial charge on any atom is -0.475 e. The second-order valence-electron chi connectivity index (χ2n) is 5.40. The molecule has 0 aliphatic rings. The summed E-state index contributed by atoms with van der Waals surface area (Å²) >= 11 is 0. The van der Waals surface area contributed by atoms with Crippen LogP contribution in [0.1, 0.15) is 48.8 Å². The summed E-state index contributed by atoms with van der Waals surface area (Å²) < 4.78 is 4.85. The van der Waals surface area contributed by atoms with Crippen molar-refractivity contribution in [3.63, 3.8) is 0 Å². The summed E-state index contributed by atoms with van der Waals surface area (Å²) in [7, 11) is 0. The number of amides is 2. The summed E-state index contributed by atoms with van der Waals surface area (Å²) in [6, 6.07) is 1.66. The van der Waals surface area contributed by atoms with E-state index in [1.165, 1.54) is 19.1 Å². The van der Waals surface area contributed by atoms with Crippen LogP contribution in [0.25, 0.3) is 0 Å². The predicted molar refractivity (Wildman–Crippen MR) is 70.5 cm³/mol. The highest BCUT2D eigenvalue weighted by molar-refractivity contribution is 5.96. The van der Waals surface area contributed by atoms with E-state index in [-0.39, 0.29) is 17.4 Å². The van der Waals surface area contributed by atoms with E-state index in [0.717, 1.165) is 0 Å². The first-order valence-electron chi connectivity index (χ1n) is 6.06. The first kappa shape index (κ1) is 15.7. The molecule has 1 unspecified atom stereocenters. The number of carbonyl (C=O) groups excluding carboxylic acids is 2. The van der Waals surface area contributed by atoms with Gasteiger partial charge in [0.15, 0.2) is 5.76 Å². The van der Waals surface area contributed by atoms with Crippen LogP contribution in [0, 0.1) is 0 Å². The molecule has 0 radical (unpaired) electrons. The Kier molecular flexibility index (Phi) is 4.54. The number of rotatable bonds is 4. The van der Waals surface area contributed by atoms with E-state index in [9.17, 15) is 14.4 Å². The van der Waals surface area contributed by atoms with Crippen LogP contribution in [0.4, 0.5) is 0 Å². The lowest BCUT2D eigenvalue weighted by atomic mass is 10.1. The van der Waals surface area contributed by atoms with Crippen LogP contribution in [-0.4, -0.2) is 34.5 Å². The maximum Gasteiger partial charge on any atom is 0.371 e. The summed E-state index contributed by atoms with van der Waals surface area (Å²) in [6.07, 6.45) is 0. The number of nitrogens with one attached hydrogen (secondary N) is 2. The van der Waals surface area contributed by atoms with Crippen molar-refractivity contribution in [2.45, 2.75) is 39.3 Å². The topological polar surface area (TPSA) is 109 Å². The molecule has 0 bridgehead atoms. The van der Waals surface area contributed by atoms with Gasteiger partial charge in [-0.2, -0.15) is 0 Å². The first-order valence-corrected chi connectivity index (χ1v) is 6.06. The molecule has 0 aromatic carbocycles. The maximum atomic E-state index is 11.8. The van der Waals surface area contributed by atoms with Crippen LogP contribution < -0.4 is 10.6 Å². The zero-order valence-corrected chi connectivity index (χ0v) is 11.8. The fourth-order valence-corrected chi connectivity index (χ4v) is 1.39. The van der Waals surface area contributed by atoms with E-state index in [2.05, 4.69) is 10.6 Å². The van der Waals surface area contributed by atoms with Crippen molar-refractivity contribution in [1.29, 1.82) is 0 Å². The van der Waals surface area contributed by atoms with Crippen molar-refractivity contribution in [3.8, 4) is 0 Å². The van der Waals surface area contributed by atoms with E-state index in [4.69, 9.17) is 9.52 Å². The molecule has 20 heavy (non-hydrogen) atoms. The smallest absolute Gasteiger partial charge is 0.371 e. The number of carboxylic acid groups (broad SMARTS) is 1. The third kappa shape index (κ3) is 4.42. The van der Waals surface area contributed by atoms with Gasteiger partial charge >= 0.3 is 5.97 Å². The second kappa shape index (κ2) is 5.77. The number of furan rings is 1. The van der Waals surface area contributed by atoms with E-state index in [1.807, 2.05) is 20.8 Å². The molecule has 0 spiro atoms. The standard InChI is InChI=1S/C13H18N2O5/c1-7(10(16)15-13(2,3)4)14-11(17)8-5-6-9(20-8)12(18)19/h5-7H,1-4H3,(H,14,17)(H,15,16)(H,18,19). The summed E-state index contributed by atoms with van der Waals surface area (Å²) in [5.74, 6) is -2.73. The Hall–Kier alpha value is -2.31. The molecule has 3 N–H and O–H groups in total. The van der Waals surface area contributed by atoms with Crippen LogP contribution in [0.2, 0.25) is 0 Å². The lowest BCUT2D eigenvalue weighted by Crippen LogP contribution is -2.50. The van der Waals surface area contributed by atoms with Gasteiger partial charge in [0.05, 0.1) is 0 Å². The average molecular weight is 282 g/mol.